The molecule has 11 heavy (non-hydrogen) atoms. The van der Waals surface area contributed by atoms with Crippen LogP contribution in [0, 0.1) is 35.5 Å². The molecular formula is C10H10O. The van der Waals surface area contributed by atoms with Gasteiger partial charge in [-0.15, -0.1) is 0 Å². The third-order valence-electron chi connectivity index (χ3n) is 4.50. The molecule has 4 aliphatic carbocycles. The van der Waals surface area contributed by atoms with Crippen molar-refractivity contribution in [3.63, 3.8) is 0 Å². The zero-order valence-corrected chi connectivity index (χ0v) is 6.23. The molecule has 1 heteroatoms. The van der Waals surface area contributed by atoms with Crippen LogP contribution in [0.25, 0.3) is 0 Å². The van der Waals surface area contributed by atoms with Crippen molar-refractivity contribution in [3.05, 3.63) is 12.2 Å². The van der Waals surface area contributed by atoms with Gasteiger partial charge in [0.15, 0.2) is 0 Å². The van der Waals surface area contributed by atoms with Crippen molar-refractivity contribution in [1.82, 2.24) is 0 Å². The smallest absolute Gasteiger partial charge is 0.140 e. The first-order valence-corrected chi connectivity index (χ1v) is 4.60. The molecule has 0 aromatic rings. The number of carbonyl (C=O) groups excluding carboxylic acids is 1. The second-order valence-corrected chi connectivity index (χ2v) is 4.56. The Labute approximate surface area is 65.5 Å². The van der Waals surface area contributed by atoms with Gasteiger partial charge in [-0.3, -0.25) is 4.79 Å². The molecule has 0 aromatic heterocycles. The van der Waals surface area contributed by atoms with Gasteiger partial charge in [0.2, 0.25) is 0 Å². The zero-order valence-electron chi connectivity index (χ0n) is 6.23. The Morgan fingerprint density at radius 1 is 1.09 bits per heavy atom. The van der Waals surface area contributed by atoms with Crippen molar-refractivity contribution in [2.75, 3.05) is 0 Å². The maximum absolute atomic E-state index is 11.5. The van der Waals surface area contributed by atoms with Crippen molar-refractivity contribution in [2.24, 2.45) is 35.5 Å². The lowest BCUT2D eigenvalue weighted by Crippen LogP contribution is -2.51. The molecule has 4 aliphatic rings. The van der Waals surface area contributed by atoms with Crippen LogP contribution in [0.3, 0.4) is 0 Å². The number of hydrogen-bond acceptors (Lipinski definition) is 1. The first-order chi connectivity index (χ1) is 5.38. The number of rotatable bonds is 0. The molecule has 0 radical (unpaired) electrons. The van der Waals surface area contributed by atoms with Gasteiger partial charge < -0.3 is 0 Å². The van der Waals surface area contributed by atoms with Crippen LogP contribution in [0.5, 0.6) is 0 Å². The summed E-state index contributed by atoms with van der Waals surface area (Å²) >= 11 is 0. The second kappa shape index (κ2) is 1.21. The highest BCUT2D eigenvalue weighted by atomic mass is 16.1. The summed E-state index contributed by atoms with van der Waals surface area (Å²) in [5.74, 6) is 4.65. The van der Waals surface area contributed by atoms with E-state index in [-0.39, 0.29) is 0 Å². The molecule has 3 fully saturated rings. The van der Waals surface area contributed by atoms with Gasteiger partial charge in [-0.1, -0.05) is 12.2 Å². The summed E-state index contributed by atoms with van der Waals surface area (Å²) in [6.45, 7) is 0. The van der Waals surface area contributed by atoms with Gasteiger partial charge in [0.05, 0.1) is 0 Å². The molecule has 2 bridgehead atoms. The predicted molar refractivity (Wildman–Crippen MR) is 39.7 cm³/mol. The molecule has 3 saturated carbocycles. The molecule has 0 spiro atoms. The number of carbonyl (C=O) groups is 1. The minimum atomic E-state index is 0.486. The Hall–Kier alpha value is -0.590. The van der Waals surface area contributed by atoms with Crippen LogP contribution in [0.1, 0.15) is 6.42 Å². The second-order valence-electron chi connectivity index (χ2n) is 4.56. The van der Waals surface area contributed by atoms with E-state index >= 15 is 0 Å². The van der Waals surface area contributed by atoms with Crippen molar-refractivity contribution in [1.29, 1.82) is 0 Å². The lowest BCUT2D eigenvalue weighted by atomic mass is 9.57. The van der Waals surface area contributed by atoms with Gasteiger partial charge in [-0.25, -0.2) is 0 Å². The van der Waals surface area contributed by atoms with E-state index in [9.17, 15) is 4.79 Å². The lowest BCUT2D eigenvalue weighted by Gasteiger charge is -2.44. The van der Waals surface area contributed by atoms with Gasteiger partial charge in [-0.2, -0.15) is 0 Å². The summed E-state index contributed by atoms with van der Waals surface area (Å²) in [6.07, 6.45) is 6.01. The van der Waals surface area contributed by atoms with Crippen LogP contribution in [-0.2, 0) is 4.79 Å². The van der Waals surface area contributed by atoms with E-state index in [0.717, 1.165) is 11.8 Å². The average Bonchev–Trinajstić information content (AvgIpc) is 2.50. The highest BCUT2D eigenvalue weighted by Gasteiger charge is 2.70. The monoisotopic (exact) mass is 146 g/mol. The summed E-state index contributed by atoms with van der Waals surface area (Å²) in [7, 11) is 0. The van der Waals surface area contributed by atoms with Crippen LogP contribution >= 0.6 is 0 Å². The summed E-state index contributed by atoms with van der Waals surface area (Å²) < 4.78 is 0. The Bertz CT molecular complexity index is 267. The fraction of sp³-hybridized carbons (Fsp3) is 0.700. The van der Waals surface area contributed by atoms with Gasteiger partial charge >= 0.3 is 0 Å². The van der Waals surface area contributed by atoms with Crippen LogP contribution in [0.15, 0.2) is 12.2 Å². The normalized spacial score (nSPS) is 67.5. The molecule has 0 amide bonds. The molecule has 4 atom stereocenters. The van der Waals surface area contributed by atoms with Crippen LogP contribution in [0.2, 0.25) is 0 Å². The maximum Gasteiger partial charge on any atom is 0.140 e. The van der Waals surface area contributed by atoms with Crippen molar-refractivity contribution < 1.29 is 4.79 Å². The van der Waals surface area contributed by atoms with E-state index in [2.05, 4.69) is 12.2 Å². The quantitative estimate of drug-likeness (QED) is 0.470. The Morgan fingerprint density at radius 2 is 1.73 bits per heavy atom. The highest BCUT2D eigenvalue weighted by molar-refractivity contribution is 5.93. The van der Waals surface area contributed by atoms with Crippen LogP contribution in [-0.4, -0.2) is 5.78 Å². The first kappa shape index (κ1) is 5.13. The molecule has 0 aromatic carbocycles. The fourth-order valence-corrected chi connectivity index (χ4v) is 4.19. The molecular weight excluding hydrogens is 136 g/mol. The number of fused-ring (bicyclic) bond motifs is 2. The molecule has 56 valence electrons. The highest BCUT2D eigenvalue weighted by Crippen LogP contribution is 2.69. The van der Waals surface area contributed by atoms with E-state index in [1.54, 1.807) is 0 Å². The standard InChI is InChI=1S/C10H10O/c11-10-8-4-1-2-5-6(4)3-7(8)9(5)10/h1-2,4-9H,3H2. The third kappa shape index (κ3) is 0.316. The van der Waals surface area contributed by atoms with E-state index in [4.69, 9.17) is 0 Å². The SMILES string of the molecule is O=C1C2C3C=CC4C3CC2C14. The van der Waals surface area contributed by atoms with Crippen LogP contribution < -0.4 is 0 Å². The molecule has 0 heterocycles. The van der Waals surface area contributed by atoms with E-state index in [0.29, 0.717) is 29.5 Å². The van der Waals surface area contributed by atoms with E-state index < -0.39 is 0 Å². The molecule has 0 aliphatic heterocycles. The minimum absolute atomic E-state index is 0.486. The third-order valence-corrected chi connectivity index (χ3v) is 4.50. The van der Waals surface area contributed by atoms with Gasteiger partial charge in [0.25, 0.3) is 0 Å². The number of hydrogen-bond donors (Lipinski definition) is 0. The minimum Gasteiger partial charge on any atom is -0.299 e. The van der Waals surface area contributed by atoms with Crippen LogP contribution in [0.4, 0.5) is 0 Å². The topological polar surface area (TPSA) is 17.1 Å². The molecule has 0 saturated heterocycles. The van der Waals surface area contributed by atoms with Gasteiger partial charge in [0.1, 0.15) is 5.78 Å². The summed E-state index contributed by atoms with van der Waals surface area (Å²) in [4.78, 5) is 11.5. The summed E-state index contributed by atoms with van der Waals surface area (Å²) in [5, 5.41) is 0. The number of Topliss-reactive ketones (excluding diaryl/α,β-unsaturated/α-hetero) is 1. The maximum atomic E-state index is 11.5. The van der Waals surface area contributed by atoms with E-state index in [1.807, 2.05) is 0 Å². The van der Waals surface area contributed by atoms with Gasteiger partial charge in [-0.05, 0) is 30.1 Å². The van der Waals surface area contributed by atoms with Crippen molar-refractivity contribution in [3.8, 4) is 0 Å². The van der Waals surface area contributed by atoms with Crippen molar-refractivity contribution in [2.45, 2.75) is 6.42 Å². The zero-order chi connectivity index (χ0) is 7.16. The molecule has 1 nitrogen and oxygen atoms in total. The van der Waals surface area contributed by atoms with Crippen molar-refractivity contribution >= 4 is 5.78 Å². The number of allylic oxidation sites excluding steroid dienone is 2. The van der Waals surface area contributed by atoms with Gasteiger partial charge in [0, 0.05) is 11.8 Å². The Balaban J connectivity index is 2.00. The summed E-state index contributed by atoms with van der Waals surface area (Å²) in [5.41, 5.74) is 0. The lowest BCUT2D eigenvalue weighted by molar-refractivity contribution is -0.146. The molecule has 4 unspecified atom stereocenters. The molecule has 0 N–H and O–H groups in total. The fourth-order valence-electron chi connectivity index (χ4n) is 4.19. The Morgan fingerprint density at radius 3 is 2.36 bits per heavy atom. The Kier molecular flexibility index (Phi) is 0.566. The predicted octanol–water partition coefficient (Wildman–Crippen LogP) is 1.25. The average molecular weight is 146 g/mol. The summed E-state index contributed by atoms with van der Waals surface area (Å²) in [6, 6.07) is 0. The first-order valence-electron chi connectivity index (χ1n) is 4.60. The number of ketones is 1. The molecule has 4 rings (SSSR count). The largest absolute Gasteiger partial charge is 0.299 e. The van der Waals surface area contributed by atoms with E-state index in [1.165, 1.54) is 6.42 Å².